The lowest BCUT2D eigenvalue weighted by Gasteiger charge is -2.20. The molecule has 0 N–H and O–H groups in total. The zero-order valence-corrected chi connectivity index (χ0v) is 9.02. The van der Waals surface area contributed by atoms with Crippen LogP contribution in [0.4, 0.5) is 0 Å². The maximum absolute atomic E-state index is 4.17. The second-order valence-corrected chi connectivity index (χ2v) is 3.86. The topological polar surface area (TPSA) is 12.4 Å². The number of aliphatic imine (C=N–C) groups is 1. The summed E-state index contributed by atoms with van der Waals surface area (Å²) < 4.78 is 0. The van der Waals surface area contributed by atoms with Gasteiger partial charge in [-0.15, -0.1) is 0 Å². The minimum Gasteiger partial charge on any atom is -0.298 e. The van der Waals surface area contributed by atoms with Crippen LogP contribution in [0.15, 0.2) is 17.1 Å². The summed E-state index contributed by atoms with van der Waals surface area (Å²) in [5.41, 5.74) is 2.49. The van der Waals surface area contributed by atoms with Crippen LogP contribution in [0.2, 0.25) is 0 Å². The van der Waals surface area contributed by atoms with Crippen molar-refractivity contribution in [2.24, 2.45) is 16.8 Å². The van der Waals surface area contributed by atoms with E-state index in [-0.39, 0.29) is 0 Å². The molecule has 0 aliphatic heterocycles. The van der Waals surface area contributed by atoms with Gasteiger partial charge in [0.2, 0.25) is 0 Å². The molecule has 1 heteroatoms. The van der Waals surface area contributed by atoms with Gasteiger partial charge < -0.3 is 0 Å². The monoisotopic (exact) mass is 167 g/mol. The van der Waals surface area contributed by atoms with E-state index in [1.165, 1.54) is 11.3 Å². The van der Waals surface area contributed by atoms with E-state index in [9.17, 15) is 0 Å². The summed E-state index contributed by atoms with van der Waals surface area (Å²) in [5, 5.41) is 0. The van der Waals surface area contributed by atoms with Crippen LogP contribution in [0.3, 0.4) is 0 Å². The largest absolute Gasteiger partial charge is 0.298 e. The molecule has 0 saturated heterocycles. The minimum absolute atomic E-state index is 0.591. The van der Waals surface area contributed by atoms with E-state index in [0.717, 1.165) is 6.42 Å². The smallest absolute Gasteiger partial charge is 0.0276 e. The third-order valence-corrected chi connectivity index (χ3v) is 2.33. The molecule has 0 heterocycles. The van der Waals surface area contributed by atoms with Crippen LogP contribution in [0.25, 0.3) is 0 Å². The van der Waals surface area contributed by atoms with E-state index >= 15 is 0 Å². The van der Waals surface area contributed by atoms with Crippen LogP contribution < -0.4 is 0 Å². The molecule has 0 radical (unpaired) electrons. The molecule has 1 nitrogen and oxygen atoms in total. The van der Waals surface area contributed by atoms with Gasteiger partial charge >= 0.3 is 0 Å². The van der Waals surface area contributed by atoms with Crippen LogP contribution in [0.5, 0.6) is 0 Å². The molecule has 0 bridgehead atoms. The average molecular weight is 167 g/mol. The highest BCUT2D eigenvalue weighted by Crippen LogP contribution is 2.22. The molecule has 12 heavy (non-hydrogen) atoms. The minimum atomic E-state index is 0.591. The van der Waals surface area contributed by atoms with Crippen molar-refractivity contribution >= 4 is 5.71 Å². The van der Waals surface area contributed by atoms with Gasteiger partial charge in [-0.1, -0.05) is 26.0 Å². The van der Waals surface area contributed by atoms with Crippen molar-refractivity contribution in [3.05, 3.63) is 12.2 Å². The Morgan fingerprint density at radius 2 is 1.83 bits per heavy atom. The molecule has 0 spiro atoms. The van der Waals surface area contributed by atoms with Crippen LogP contribution in [0.1, 0.15) is 34.1 Å². The van der Waals surface area contributed by atoms with Crippen molar-refractivity contribution in [3.63, 3.8) is 0 Å². The normalized spacial score (nSPS) is 15.0. The van der Waals surface area contributed by atoms with Crippen molar-refractivity contribution in [1.82, 2.24) is 0 Å². The second-order valence-electron chi connectivity index (χ2n) is 3.86. The van der Waals surface area contributed by atoms with Crippen LogP contribution in [-0.2, 0) is 0 Å². The highest BCUT2D eigenvalue weighted by atomic mass is 14.7. The van der Waals surface area contributed by atoms with Gasteiger partial charge in [-0.2, -0.15) is 0 Å². The first-order chi connectivity index (χ1) is 5.49. The summed E-state index contributed by atoms with van der Waals surface area (Å²) in [6.45, 7) is 12.7. The summed E-state index contributed by atoms with van der Waals surface area (Å²) in [6.07, 6.45) is 1.06. The molecule has 0 aliphatic rings. The Hall–Kier alpha value is -0.590. The van der Waals surface area contributed by atoms with E-state index in [2.05, 4.69) is 39.3 Å². The highest BCUT2D eigenvalue weighted by molar-refractivity contribution is 5.82. The molecular weight excluding hydrogens is 146 g/mol. The summed E-state index contributed by atoms with van der Waals surface area (Å²) in [5.74, 6) is 1.26. The molecule has 1 unspecified atom stereocenters. The van der Waals surface area contributed by atoms with Crippen molar-refractivity contribution in [2.45, 2.75) is 34.1 Å². The fourth-order valence-electron chi connectivity index (χ4n) is 1.39. The van der Waals surface area contributed by atoms with Gasteiger partial charge in [0.05, 0.1) is 0 Å². The molecule has 0 aromatic carbocycles. The standard InChI is InChI=1S/C11H21N/c1-8(2)11(9(3)4)7-10(5)12-6/h9,11H,1,7H2,2-6H3. The lowest BCUT2D eigenvalue weighted by Crippen LogP contribution is -2.13. The summed E-state index contributed by atoms with van der Waals surface area (Å²) in [6, 6.07) is 0. The molecule has 0 rings (SSSR count). The van der Waals surface area contributed by atoms with E-state index < -0.39 is 0 Å². The van der Waals surface area contributed by atoms with Crippen LogP contribution in [0, 0.1) is 11.8 Å². The van der Waals surface area contributed by atoms with Crippen molar-refractivity contribution in [2.75, 3.05) is 7.05 Å². The Morgan fingerprint density at radius 1 is 1.33 bits per heavy atom. The predicted molar refractivity (Wildman–Crippen MR) is 56.8 cm³/mol. The Kier molecular flexibility index (Phi) is 4.87. The first kappa shape index (κ1) is 11.4. The lowest BCUT2D eigenvalue weighted by atomic mass is 9.86. The van der Waals surface area contributed by atoms with Gasteiger partial charge in [0.15, 0.2) is 0 Å². The molecule has 0 amide bonds. The van der Waals surface area contributed by atoms with E-state index in [1.807, 2.05) is 7.05 Å². The van der Waals surface area contributed by atoms with Crippen molar-refractivity contribution in [1.29, 1.82) is 0 Å². The fourth-order valence-corrected chi connectivity index (χ4v) is 1.39. The van der Waals surface area contributed by atoms with Crippen LogP contribution in [-0.4, -0.2) is 12.8 Å². The summed E-state index contributed by atoms with van der Waals surface area (Å²) in [4.78, 5) is 4.17. The Morgan fingerprint density at radius 3 is 2.08 bits per heavy atom. The van der Waals surface area contributed by atoms with Gasteiger partial charge in [-0.3, -0.25) is 4.99 Å². The van der Waals surface area contributed by atoms with Gasteiger partial charge in [-0.05, 0) is 32.1 Å². The summed E-state index contributed by atoms with van der Waals surface area (Å²) in [7, 11) is 1.85. The number of rotatable bonds is 4. The van der Waals surface area contributed by atoms with Gasteiger partial charge in [0.25, 0.3) is 0 Å². The number of allylic oxidation sites excluding steroid dienone is 1. The predicted octanol–water partition coefficient (Wildman–Crippen LogP) is 3.32. The second kappa shape index (κ2) is 5.13. The van der Waals surface area contributed by atoms with Gasteiger partial charge in [0.1, 0.15) is 0 Å². The number of hydrogen-bond donors (Lipinski definition) is 0. The highest BCUT2D eigenvalue weighted by Gasteiger charge is 2.14. The third-order valence-electron chi connectivity index (χ3n) is 2.33. The van der Waals surface area contributed by atoms with Gasteiger partial charge in [0, 0.05) is 12.8 Å². The molecular formula is C11H21N. The fraction of sp³-hybridized carbons (Fsp3) is 0.727. The van der Waals surface area contributed by atoms with E-state index in [1.54, 1.807) is 0 Å². The van der Waals surface area contributed by atoms with Gasteiger partial charge in [-0.25, -0.2) is 0 Å². The van der Waals surface area contributed by atoms with Crippen molar-refractivity contribution < 1.29 is 0 Å². The zero-order chi connectivity index (χ0) is 9.72. The zero-order valence-electron chi connectivity index (χ0n) is 9.02. The maximum Gasteiger partial charge on any atom is 0.0276 e. The SMILES string of the molecule is C=C(C)C(CC(C)=NC)C(C)C. The molecule has 0 fully saturated rings. The molecule has 70 valence electrons. The van der Waals surface area contributed by atoms with E-state index in [4.69, 9.17) is 0 Å². The summed E-state index contributed by atoms with van der Waals surface area (Å²) >= 11 is 0. The first-order valence-electron chi connectivity index (χ1n) is 4.56. The van der Waals surface area contributed by atoms with Crippen molar-refractivity contribution in [3.8, 4) is 0 Å². The quantitative estimate of drug-likeness (QED) is 0.450. The number of nitrogens with zero attached hydrogens (tertiary/aromatic N) is 1. The molecule has 1 atom stereocenters. The Balaban J connectivity index is 4.24. The van der Waals surface area contributed by atoms with Crippen LogP contribution >= 0.6 is 0 Å². The Labute approximate surface area is 76.6 Å². The molecule has 0 saturated carbocycles. The average Bonchev–Trinajstić information content (AvgIpc) is 1.98. The maximum atomic E-state index is 4.17. The lowest BCUT2D eigenvalue weighted by molar-refractivity contribution is 0.457. The molecule has 0 aromatic rings. The number of hydrogen-bond acceptors (Lipinski definition) is 1. The molecule has 0 aromatic heterocycles. The first-order valence-corrected chi connectivity index (χ1v) is 4.56. The Bertz CT molecular complexity index is 177. The van der Waals surface area contributed by atoms with E-state index in [0.29, 0.717) is 11.8 Å². The molecule has 0 aliphatic carbocycles. The third kappa shape index (κ3) is 3.70.